The Morgan fingerprint density at radius 1 is 0.957 bits per heavy atom. The largest absolute Gasteiger partial charge is 0.497 e. The molecule has 0 radical (unpaired) electrons. The molecule has 0 spiro atoms. The summed E-state index contributed by atoms with van der Waals surface area (Å²) < 4.78 is 19.2. The summed E-state index contributed by atoms with van der Waals surface area (Å²) in [4.78, 5) is 0. The molecule has 1 nitrogen and oxygen atoms in total. The molecule has 0 amide bonds. The van der Waals surface area contributed by atoms with Crippen molar-refractivity contribution in [2.75, 3.05) is 7.11 Å². The van der Waals surface area contributed by atoms with Gasteiger partial charge in [-0.1, -0.05) is 51.1 Å². The van der Waals surface area contributed by atoms with Crippen molar-refractivity contribution in [3.8, 4) is 5.75 Å². The Kier molecular flexibility index (Phi) is 6.20. The summed E-state index contributed by atoms with van der Waals surface area (Å²) in [5.74, 6) is 1.11. The van der Waals surface area contributed by atoms with Crippen LogP contribution in [0.15, 0.2) is 42.5 Å². The van der Waals surface area contributed by atoms with Crippen LogP contribution in [0.25, 0.3) is 0 Å². The van der Waals surface area contributed by atoms with Crippen LogP contribution in [0.2, 0.25) is 0 Å². The lowest BCUT2D eigenvalue weighted by molar-refractivity contribution is 0.410. The molecule has 0 heterocycles. The first kappa shape index (κ1) is 17.5. The number of hydrogen-bond acceptors (Lipinski definition) is 1. The number of hydrogen-bond donors (Lipinski definition) is 0. The molecule has 0 N–H and O–H groups in total. The van der Waals surface area contributed by atoms with Crippen LogP contribution in [0, 0.1) is 5.82 Å². The number of halogens is 1. The minimum absolute atomic E-state index is 0.168. The maximum atomic E-state index is 14.2. The Hall–Kier alpha value is -1.83. The lowest BCUT2D eigenvalue weighted by atomic mass is 9.86. The first-order valence-corrected chi connectivity index (χ1v) is 8.48. The minimum atomic E-state index is -0.168. The summed E-state index contributed by atoms with van der Waals surface area (Å²) in [7, 11) is 1.56. The molecule has 0 saturated heterocycles. The zero-order valence-electron chi connectivity index (χ0n) is 14.6. The van der Waals surface area contributed by atoms with Crippen LogP contribution in [0.5, 0.6) is 5.75 Å². The molecule has 2 heteroatoms. The van der Waals surface area contributed by atoms with E-state index in [4.69, 9.17) is 4.74 Å². The SMILES string of the molecule is CCc1ccccc1C(C)CCC(C)c1ccc(OC)cc1F. The van der Waals surface area contributed by atoms with Gasteiger partial charge in [0, 0.05) is 6.07 Å². The Labute approximate surface area is 139 Å². The van der Waals surface area contributed by atoms with Crippen molar-refractivity contribution in [1.82, 2.24) is 0 Å². The van der Waals surface area contributed by atoms with Gasteiger partial charge in [-0.2, -0.15) is 0 Å². The second-order valence-electron chi connectivity index (χ2n) is 6.32. The number of ether oxygens (including phenoxy) is 1. The third kappa shape index (κ3) is 4.34. The van der Waals surface area contributed by atoms with Gasteiger partial charge in [-0.3, -0.25) is 0 Å². The number of rotatable bonds is 7. The molecular weight excluding hydrogens is 287 g/mol. The topological polar surface area (TPSA) is 9.23 Å². The fourth-order valence-electron chi connectivity index (χ4n) is 3.18. The van der Waals surface area contributed by atoms with Gasteiger partial charge in [0.1, 0.15) is 11.6 Å². The van der Waals surface area contributed by atoms with Gasteiger partial charge in [-0.25, -0.2) is 4.39 Å². The standard InChI is InChI=1S/C21H27FO/c1-5-17-8-6-7-9-19(17)15(2)10-11-16(3)20-13-12-18(23-4)14-21(20)22/h6-9,12-16H,5,10-11H2,1-4H3. The van der Waals surface area contributed by atoms with Crippen molar-refractivity contribution >= 4 is 0 Å². The van der Waals surface area contributed by atoms with Crippen LogP contribution in [-0.4, -0.2) is 7.11 Å². The normalized spacial score (nSPS) is 13.6. The summed E-state index contributed by atoms with van der Waals surface area (Å²) in [5.41, 5.74) is 3.63. The number of methoxy groups -OCH3 is 1. The summed E-state index contributed by atoms with van der Waals surface area (Å²) in [6.45, 7) is 6.57. The van der Waals surface area contributed by atoms with Crippen molar-refractivity contribution in [2.24, 2.45) is 0 Å². The van der Waals surface area contributed by atoms with Crippen molar-refractivity contribution < 1.29 is 9.13 Å². The Morgan fingerprint density at radius 2 is 1.61 bits per heavy atom. The van der Waals surface area contributed by atoms with E-state index < -0.39 is 0 Å². The molecule has 2 unspecified atom stereocenters. The highest BCUT2D eigenvalue weighted by Gasteiger charge is 2.15. The van der Waals surface area contributed by atoms with Crippen LogP contribution in [-0.2, 0) is 6.42 Å². The first-order valence-electron chi connectivity index (χ1n) is 8.48. The van der Waals surface area contributed by atoms with Gasteiger partial charge < -0.3 is 4.74 Å². The minimum Gasteiger partial charge on any atom is -0.497 e. The lowest BCUT2D eigenvalue weighted by Gasteiger charge is -2.19. The Morgan fingerprint density at radius 3 is 2.22 bits per heavy atom. The second-order valence-corrected chi connectivity index (χ2v) is 6.32. The van der Waals surface area contributed by atoms with Crippen molar-refractivity contribution in [1.29, 1.82) is 0 Å². The van der Waals surface area contributed by atoms with Crippen molar-refractivity contribution in [3.63, 3.8) is 0 Å². The molecule has 0 bridgehead atoms. The maximum absolute atomic E-state index is 14.2. The Balaban J connectivity index is 2.02. The third-order valence-electron chi connectivity index (χ3n) is 4.74. The zero-order valence-corrected chi connectivity index (χ0v) is 14.6. The molecule has 2 aromatic rings. The monoisotopic (exact) mass is 314 g/mol. The molecule has 2 rings (SSSR count). The molecule has 2 aromatic carbocycles. The van der Waals surface area contributed by atoms with E-state index in [1.807, 2.05) is 12.1 Å². The smallest absolute Gasteiger partial charge is 0.130 e. The Bertz CT molecular complexity index is 635. The molecule has 0 fully saturated rings. The molecule has 23 heavy (non-hydrogen) atoms. The van der Waals surface area contributed by atoms with E-state index in [0.717, 1.165) is 24.8 Å². The summed E-state index contributed by atoms with van der Waals surface area (Å²) in [5, 5.41) is 0. The highest BCUT2D eigenvalue weighted by atomic mass is 19.1. The van der Waals surface area contributed by atoms with Gasteiger partial charge in [0.25, 0.3) is 0 Å². The predicted molar refractivity (Wildman–Crippen MR) is 94.8 cm³/mol. The molecule has 0 saturated carbocycles. The maximum Gasteiger partial charge on any atom is 0.130 e. The molecule has 124 valence electrons. The van der Waals surface area contributed by atoms with E-state index in [2.05, 4.69) is 45.0 Å². The molecule has 0 aromatic heterocycles. The highest BCUT2D eigenvalue weighted by Crippen LogP contribution is 2.31. The molecular formula is C21H27FO. The second kappa shape index (κ2) is 8.14. The average Bonchev–Trinajstić information content (AvgIpc) is 2.59. The van der Waals surface area contributed by atoms with Crippen LogP contribution < -0.4 is 4.74 Å². The molecule has 0 aliphatic rings. The van der Waals surface area contributed by atoms with Gasteiger partial charge in [0.2, 0.25) is 0 Å². The zero-order chi connectivity index (χ0) is 16.8. The van der Waals surface area contributed by atoms with Crippen molar-refractivity contribution in [3.05, 3.63) is 65.0 Å². The fourth-order valence-corrected chi connectivity index (χ4v) is 3.18. The molecule has 2 atom stereocenters. The van der Waals surface area contributed by atoms with Crippen LogP contribution in [0.4, 0.5) is 4.39 Å². The fraction of sp³-hybridized carbons (Fsp3) is 0.429. The lowest BCUT2D eigenvalue weighted by Crippen LogP contribution is -2.03. The third-order valence-corrected chi connectivity index (χ3v) is 4.74. The average molecular weight is 314 g/mol. The van der Waals surface area contributed by atoms with E-state index in [0.29, 0.717) is 11.7 Å². The van der Waals surface area contributed by atoms with Gasteiger partial charge in [0.05, 0.1) is 7.11 Å². The van der Waals surface area contributed by atoms with E-state index in [1.165, 1.54) is 17.2 Å². The quantitative estimate of drug-likeness (QED) is 0.601. The summed E-state index contributed by atoms with van der Waals surface area (Å²) >= 11 is 0. The van der Waals surface area contributed by atoms with E-state index >= 15 is 0 Å². The first-order chi connectivity index (χ1) is 11.1. The van der Waals surface area contributed by atoms with Crippen LogP contribution in [0.3, 0.4) is 0 Å². The van der Waals surface area contributed by atoms with Gasteiger partial charge in [-0.15, -0.1) is 0 Å². The predicted octanol–water partition coefficient (Wildman–Crippen LogP) is 6.08. The number of aryl methyl sites for hydroxylation is 1. The van der Waals surface area contributed by atoms with Gasteiger partial charge in [-0.05, 0) is 53.9 Å². The highest BCUT2D eigenvalue weighted by molar-refractivity contribution is 5.32. The number of benzene rings is 2. The van der Waals surface area contributed by atoms with E-state index in [-0.39, 0.29) is 11.7 Å². The summed E-state index contributed by atoms with van der Waals surface area (Å²) in [6.07, 6.45) is 3.09. The molecule has 0 aliphatic carbocycles. The van der Waals surface area contributed by atoms with E-state index in [9.17, 15) is 4.39 Å². The van der Waals surface area contributed by atoms with Crippen LogP contribution in [0.1, 0.15) is 62.1 Å². The van der Waals surface area contributed by atoms with Gasteiger partial charge in [0.15, 0.2) is 0 Å². The summed E-state index contributed by atoms with van der Waals surface area (Å²) in [6, 6.07) is 13.8. The van der Waals surface area contributed by atoms with Crippen LogP contribution >= 0.6 is 0 Å². The van der Waals surface area contributed by atoms with Crippen molar-refractivity contribution in [2.45, 2.75) is 51.9 Å². The van der Waals surface area contributed by atoms with E-state index in [1.54, 1.807) is 7.11 Å². The van der Waals surface area contributed by atoms with Gasteiger partial charge >= 0.3 is 0 Å². The molecule has 0 aliphatic heterocycles.